The Labute approximate surface area is 120 Å². The van der Waals surface area contributed by atoms with Crippen molar-refractivity contribution in [3.8, 4) is 5.69 Å². The summed E-state index contributed by atoms with van der Waals surface area (Å²) in [5.41, 5.74) is -4.63. The van der Waals surface area contributed by atoms with Gasteiger partial charge in [0.05, 0.1) is 11.3 Å². The number of carbonyl (C=O) groups is 1. The molecule has 22 heavy (non-hydrogen) atoms. The fourth-order valence-corrected chi connectivity index (χ4v) is 1.97. The molecule has 1 heterocycles. The van der Waals surface area contributed by atoms with E-state index in [1.165, 1.54) is 18.2 Å². The molecule has 116 valence electrons. The zero-order valence-corrected chi connectivity index (χ0v) is 11.1. The monoisotopic (exact) mass is 314 g/mol. The molecule has 0 aliphatic rings. The number of hydrogen-bond donors (Lipinski definition) is 1. The number of hydrogen-bond acceptors (Lipinski definition) is 3. The van der Waals surface area contributed by atoms with Crippen LogP contribution in [0, 0.1) is 0 Å². The number of halogens is 3. The number of para-hydroxylation sites is 1. The fraction of sp³-hybridized carbons (Fsp3) is 0.154. The molecule has 9 heteroatoms. The van der Waals surface area contributed by atoms with Crippen LogP contribution in [0.1, 0.15) is 16.1 Å². The Morgan fingerprint density at radius 1 is 1.18 bits per heavy atom. The summed E-state index contributed by atoms with van der Waals surface area (Å²) in [4.78, 5) is 35.1. The van der Waals surface area contributed by atoms with Crippen molar-refractivity contribution in [2.75, 3.05) is 0 Å². The summed E-state index contributed by atoms with van der Waals surface area (Å²) in [6, 6.07) is 5.29. The summed E-state index contributed by atoms with van der Waals surface area (Å²) in [7, 11) is 0.852. The molecule has 1 aromatic carbocycles. The van der Waals surface area contributed by atoms with Crippen molar-refractivity contribution in [3.05, 3.63) is 62.4 Å². The van der Waals surface area contributed by atoms with Crippen LogP contribution in [0.3, 0.4) is 0 Å². The lowest BCUT2D eigenvalue weighted by Gasteiger charge is -2.14. The molecule has 0 bridgehead atoms. The van der Waals surface area contributed by atoms with Crippen molar-refractivity contribution in [1.29, 1.82) is 0 Å². The van der Waals surface area contributed by atoms with E-state index in [0.717, 1.165) is 13.1 Å². The number of nitrogens with zero attached hydrogens (tertiary/aromatic N) is 2. The van der Waals surface area contributed by atoms with Crippen LogP contribution in [0.15, 0.2) is 39.9 Å². The molecule has 0 aliphatic carbocycles. The van der Waals surface area contributed by atoms with Gasteiger partial charge in [0.1, 0.15) is 5.69 Å². The summed E-state index contributed by atoms with van der Waals surface area (Å²) in [5, 5.41) is 9.06. The number of carboxylic acid groups (broad SMARTS) is 1. The normalized spacial score (nSPS) is 11.5. The maximum Gasteiger partial charge on any atom is 0.431 e. The third-order valence-corrected chi connectivity index (χ3v) is 2.99. The molecule has 1 N–H and O–H groups in total. The molecule has 1 aromatic heterocycles. The minimum Gasteiger partial charge on any atom is -0.478 e. The topological polar surface area (TPSA) is 81.3 Å². The fourth-order valence-electron chi connectivity index (χ4n) is 1.97. The van der Waals surface area contributed by atoms with Crippen molar-refractivity contribution >= 4 is 5.97 Å². The van der Waals surface area contributed by atoms with Gasteiger partial charge in [-0.1, -0.05) is 12.1 Å². The molecule has 2 rings (SSSR count). The predicted molar refractivity (Wildman–Crippen MR) is 69.2 cm³/mol. The van der Waals surface area contributed by atoms with E-state index in [1.54, 1.807) is 0 Å². The quantitative estimate of drug-likeness (QED) is 0.904. The Morgan fingerprint density at radius 2 is 1.77 bits per heavy atom. The zero-order valence-electron chi connectivity index (χ0n) is 11.1. The van der Waals surface area contributed by atoms with E-state index in [9.17, 15) is 27.6 Å². The zero-order chi connectivity index (χ0) is 16.7. The van der Waals surface area contributed by atoms with Crippen molar-refractivity contribution in [1.82, 2.24) is 9.13 Å². The van der Waals surface area contributed by atoms with E-state index in [1.807, 2.05) is 0 Å². The number of benzene rings is 1. The van der Waals surface area contributed by atoms with Gasteiger partial charge < -0.3 is 5.11 Å². The van der Waals surface area contributed by atoms with E-state index in [-0.39, 0.29) is 21.9 Å². The largest absolute Gasteiger partial charge is 0.478 e. The van der Waals surface area contributed by atoms with Gasteiger partial charge in [-0.3, -0.25) is 9.36 Å². The first-order valence-corrected chi connectivity index (χ1v) is 5.87. The van der Waals surface area contributed by atoms with Crippen LogP contribution in [-0.4, -0.2) is 20.2 Å². The standard InChI is InChI=1S/C13H9F3N2O4/c1-17-9(13(14,15)16)6-10(19)18(12(17)22)8-5-3-2-4-7(8)11(20)21/h2-6H,1H3,(H,20,21). The average molecular weight is 314 g/mol. The van der Waals surface area contributed by atoms with Gasteiger partial charge in [-0.05, 0) is 12.1 Å². The second-order valence-corrected chi connectivity index (χ2v) is 4.36. The van der Waals surface area contributed by atoms with Crippen LogP contribution >= 0.6 is 0 Å². The van der Waals surface area contributed by atoms with Crippen molar-refractivity contribution < 1.29 is 23.1 Å². The maximum absolute atomic E-state index is 12.7. The SMILES string of the molecule is Cn1c(C(F)(F)F)cc(=O)n(-c2ccccc2C(=O)O)c1=O. The van der Waals surface area contributed by atoms with E-state index in [0.29, 0.717) is 4.57 Å². The van der Waals surface area contributed by atoms with Gasteiger partial charge in [0, 0.05) is 13.1 Å². The molecule has 0 atom stereocenters. The molecular formula is C13H9F3N2O4. The molecule has 0 saturated heterocycles. The van der Waals surface area contributed by atoms with Gasteiger partial charge in [0.15, 0.2) is 0 Å². The van der Waals surface area contributed by atoms with Crippen LogP contribution in [0.5, 0.6) is 0 Å². The first-order valence-electron chi connectivity index (χ1n) is 5.87. The molecule has 6 nitrogen and oxygen atoms in total. The Hall–Kier alpha value is -2.84. The highest BCUT2D eigenvalue weighted by atomic mass is 19.4. The average Bonchev–Trinajstić information content (AvgIpc) is 2.42. The summed E-state index contributed by atoms with van der Waals surface area (Å²) >= 11 is 0. The lowest BCUT2D eigenvalue weighted by Crippen LogP contribution is -2.41. The highest BCUT2D eigenvalue weighted by Gasteiger charge is 2.35. The van der Waals surface area contributed by atoms with Gasteiger partial charge in [0.2, 0.25) is 0 Å². The van der Waals surface area contributed by atoms with Gasteiger partial charge in [-0.2, -0.15) is 13.2 Å². The van der Waals surface area contributed by atoms with Crippen LogP contribution < -0.4 is 11.2 Å². The Kier molecular flexibility index (Phi) is 3.65. The molecule has 0 aliphatic heterocycles. The lowest BCUT2D eigenvalue weighted by molar-refractivity contribution is -0.144. The third-order valence-electron chi connectivity index (χ3n) is 2.99. The van der Waals surface area contributed by atoms with Crippen molar-refractivity contribution in [2.45, 2.75) is 6.18 Å². The van der Waals surface area contributed by atoms with Gasteiger partial charge in [-0.15, -0.1) is 0 Å². The lowest BCUT2D eigenvalue weighted by atomic mass is 10.2. The van der Waals surface area contributed by atoms with Crippen LogP contribution in [0.25, 0.3) is 5.69 Å². The first kappa shape index (κ1) is 15.5. The Morgan fingerprint density at radius 3 is 2.32 bits per heavy atom. The summed E-state index contributed by atoms with van der Waals surface area (Å²) in [5.74, 6) is -1.41. The Bertz CT molecular complexity index is 865. The van der Waals surface area contributed by atoms with Gasteiger partial charge >= 0.3 is 17.8 Å². The molecule has 0 amide bonds. The molecule has 2 aromatic rings. The second-order valence-electron chi connectivity index (χ2n) is 4.36. The number of aromatic carboxylic acids is 1. The highest BCUT2D eigenvalue weighted by Crippen LogP contribution is 2.27. The minimum absolute atomic E-state index is 0.250. The molecule has 0 fully saturated rings. The molecule has 0 saturated carbocycles. The summed E-state index contributed by atoms with van der Waals surface area (Å²) in [6.45, 7) is 0. The predicted octanol–water partition coefficient (Wildman–Crippen LogP) is 1.25. The van der Waals surface area contributed by atoms with E-state index in [4.69, 9.17) is 5.11 Å². The highest BCUT2D eigenvalue weighted by molar-refractivity contribution is 5.91. The van der Waals surface area contributed by atoms with Gasteiger partial charge in [-0.25, -0.2) is 14.2 Å². The molecule has 0 spiro atoms. The smallest absolute Gasteiger partial charge is 0.431 e. The first-order chi connectivity index (χ1) is 10.1. The number of aromatic nitrogens is 2. The van der Waals surface area contributed by atoms with Gasteiger partial charge in [0.25, 0.3) is 5.56 Å². The number of alkyl halides is 3. The molecule has 0 radical (unpaired) electrons. The third kappa shape index (κ3) is 2.52. The Balaban J connectivity index is 2.86. The van der Waals surface area contributed by atoms with Crippen LogP contribution in [0.2, 0.25) is 0 Å². The van der Waals surface area contributed by atoms with E-state index < -0.39 is 29.1 Å². The molecule has 0 unspecified atom stereocenters. The van der Waals surface area contributed by atoms with Crippen molar-refractivity contribution in [2.24, 2.45) is 7.05 Å². The van der Waals surface area contributed by atoms with Crippen LogP contribution in [0.4, 0.5) is 13.2 Å². The maximum atomic E-state index is 12.7. The molecular weight excluding hydrogens is 305 g/mol. The van der Waals surface area contributed by atoms with E-state index >= 15 is 0 Å². The van der Waals surface area contributed by atoms with E-state index in [2.05, 4.69) is 0 Å². The van der Waals surface area contributed by atoms with Crippen LogP contribution in [-0.2, 0) is 13.2 Å². The summed E-state index contributed by atoms with van der Waals surface area (Å²) in [6.07, 6.45) is -4.88. The second kappa shape index (κ2) is 5.17. The summed E-state index contributed by atoms with van der Waals surface area (Å²) < 4.78 is 38.9. The number of carboxylic acids is 1. The van der Waals surface area contributed by atoms with Crippen molar-refractivity contribution in [3.63, 3.8) is 0 Å². The minimum atomic E-state index is -4.88. The number of rotatable bonds is 2.